The number of carbonyl (C=O) groups is 2. The fraction of sp³-hybridized carbons (Fsp3) is 0.0526. The maximum Gasteiger partial charge on any atom is 0.210 e. The first-order valence-electron chi connectivity index (χ1n) is 7.30. The van der Waals surface area contributed by atoms with E-state index in [0.29, 0.717) is 34.0 Å². The zero-order valence-corrected chi connectivity index (χ0v) is 12.9. The van der Waals surface area contributed by atoms with E-state index >= 15 is 0 Å². The number of nitrogens with zero attached hydrogens (tertiary/aromatic N) is 1. The largest absolute Gasteiger partial charge is 0.333 e. The Morgan fingerprint density at radius 3 is 2.26 bits per heavy atom. The zero-order valence-electron chi connectivity index (χ0n) is 12.1. The van der Waals surface area contributed by atoms with Crippen LogP contribution in [0.25, 0.3) is 0 Å². The van der Waals surface area contributed by atoms with Gasteiger partial charge in [-0.1, -0.05) is 60.2 Å². The van der Waals surface area contributed by atoms with Gasteiger partial charge in [-0.2, -0.15) is 0 Å². The molecule has 112 valence electrons. The lowest BCUT2D eigenvalue weighted by Crippen LogP contribution is -2.36. The summed E-state index contributed by atoms with van der Waals surface area (Å²) >= 11 is 6.29. The van der Waals surface area contributed by atoms with Crippen LogP contribution in [0, 0.1) is 0 Å². The summed E-state index contributed by atoms with van der Waals surface area (Å²) in [6.45, 7) is 0.504. The first-order valence-corrected chi connectivity index (χ1v) is 7.67. The third-order valence-corrected chi connectivity index (χ3v) is 4.44. The van der Waals surface area contributed by atoms with Gasteiger partial charge in [0.25, 0.3) is 0 Å². The molecule has 0 spiro atoms. The van der Waals surface area contributed by atoms with Crippen molar-refractivity contribution in [2.75, 3.05) is 11.4 Å². The van der Waals surface area contributed by atoms with E-state index in [9.17, 15) is 9.59 Å². The number of benzene rings is 2. The molecule has 3 nitrogen and oxygen atoms in total. The van der Waals surface area contributed by atoms with Crippen molar-refractivity contribution in [1.29, 1.82) is 0 Å². The summed E-state index contributed by atoms with van der Waals surface area (Å²) in [5.41, 5.74) is 2.47. The summed E-state index contributed by atoms with van der Waals surface area (Å²) in [5.74, 6) is -0.261. The molecule has 0 saturated heterocycles. The molecule has 0 fully saturated rings. The molecule has 1 heterocycles. The van der Waals surface area contributed by atoms with Gasteiger partial charge in [0.1, 0.15) is 5.70 Å². The van der Waals surface area contributed by atoms with Gasteiger partial charge in [-0.15, -0.1) is 0 Å². The Labute approximate surface area is 138 Å². The first-order chi connectivity index (χ1) is 11.2. The third-order valence-electron chi connectivity index (χ3n) is 4.12. The number of hydrogen-bond acceptors (Lipinski definition) is 3. The predicted octanol–water partition coefficient (Wildman–Crippen LogP) is 4.05. The summed E-state index contributed by atoms with van der Waals surface area (Å²) in [5, 5.41) is 0.550. The number of ketones is 2. The van der Waals surface area contributed by atoms with Crippen LogP contribution in [0.15, 0.2) is 72.0 Å². The van der Waals surface area contributed by atoms with Gasteiger partial charge in [-0.05, 0) is 12.1 Å². The van der Waals surface area contributed by atoms with Gasteiger partial charge in [-0.3, -0.25) is 9.59 Å². The number of Topliss-reactive ketones (excluding diaryl/α,β-unsaturated/α-hetero) is 2. The molecule has 0 saturated carbocycles. The zero-order chi connectivity index (χ0) is 16.0. The van der Waals surface area contributed by atoms with E-state index in [1.54, 1.807) is 36.4 Å². The van der Waals surface area contributed by atoms with E-state index in [1.807, 2.05) is 29.2 Å². The summed E-state index contributed by atoms with van der Waals surface area (Å²) in [4.78, 5) is 27.5. The van der Waals surface area contributed by atoms with Gasteiger partial charge in [0.05, 0.1) is 16.3 Å². The Morgan fingerprint density at radius 1 is 0.870 bits per heavy atom. The second kappa shape index (κ2) is 5.21. The Morgan fingerprint density at radius 2 is 1.52 bits per heavy atom. The minimum atomic E-state index is -0.139. The summed E-state index contributed by atoms with van der Waals surface area (Å²) in [6.07, 6.45) is 3.61. The number of para-hydroxylation sites is 1. The number of fused-ring (bicyclic) bond motifs is 1. The minimum Gasteiger partial charge on any atom is -0.333 e. The second-order valence-corrected chi connectivity index (χ2v) is 5.84. The van der Waals surface area contributed by atoms with Crippen molar-refractivity contribution in [2.45, 2.75) is 0 Å². The average molecular weight is 322 g/mol. The predicted molar refractivity (Wildman–Crippen MR) is 90.1 cm³/mol. The fourth-order valence-corrected chi connectivity index (χ4v) is 3.30. The van der Waals surface area contributed by atoms with Gasteiger partial charge in [0.15, 0.2) is 5.78 Å². The quantitative estimate of drug-likeness (QED) is 0.795. The minimum absolute atomic E-state index is 0.122. The Kier molecular flexibility index (Phi) is 3.17. The van der Waals surface area contributed by atoms with Crippen LogP contribution in [0.1, 0.15) is 20.7 Å². The second-order valence-electron chi connectivity index (χ2n) is 5.43. The van der Waals surface area contributed by atoms with Crippen molar-refractivity contribution in [2.24, 2.45) is 0 Å². The molecule has 0 N–H and O–H groups in total. The van der Waals surface area contributed by atoms with Crippen molar-refractivity contribution >= 4 is 28.9 Å². The summed E-state index contributed by atoms with van der Waals surface area (Å²) in [7, 11) is 0. The molecule has 0 radical (unpaired) electrons. The SMILES string of the molecule is O=C1C2=C(C(=O)c3ccccc31)N(c1ccccc1Cl)CC=C2. The summed E-state index contributed by atoms with van der Waals surface area (Å²) < 4.78 is 0. The highest BCUT2D eigenvalue weighted by Gasteiger charge is 2.35. The molecule has 0 bridgehead atoms. The Hall–Kier alpha value is -2.65. The van der Waals surface area contributed by atoms with Gasteiger partial charge < -0.3 is 4.90 Å². The number of hydrogen-bond donors (Lipinski definition) is 0. The van der Waals surface area contributed by atoms with E-state index < -0.39 is 0 Å². The van der Waals surface area contributed by atoms with Gasteiger partial charge >= 0.3 is 0 Å². The van der Waals surface area contributed by atoms with Crippen molar-refractivity contribution in [1.82, 2.24) is 0 Å². The fourth-order valence-electron chi connectivity index (χ4n) is 3.06. The van der Waals surface area contributed by atoms with E-state index in [4.69, 9.17) is 11.6 Å². The molecule has 1 aliphatic heterocycles. The molecule has 0 unspecified atom stereocenters. The number of anilines is 1. The maximum absolute atomic E-state index is 13.0. The van der Waals surface area contributed by atoms with Crippen LogP contribution in [0.5, 0.6) is 0 Å². The van der Waals surface area contributed by atoms with E-state index in [-0.39, 0.29) is 11.6 Å². The molecule has 0 amide bonds. The normalized spacial score (nSPS) is 16.5. The van der Waals surface area contributed by atoms with Crippen LogP contribution in [0.2, 0.25) is 5.02 Å². The van der Waals surface area contributed by atoms with Crippen molar-refractivity contribution in [3.8, 4) is 0 Å². The lowest BCUT2D eigenvalue weighted by molar-refractivity contribution is 0.0974. The number of carbonyl (C=O) groups excluding carboxylic acids is 2. The standard InChI is InChI=1S/C19H12ClNO2/c20-15-9-3-4-10-16(15)21-11-5-8-14-17(21)19(23)13-7-2-1-6-12(13)18(14)22/h1-10H,11H2. The van der Waals surface area contributed by atoms with Crippen LogP contribution in [0.3, 0.4) is 0 Å². The van der Waals surface area contributed by atoms with Gasteiger partial charge in [-0.25, -0.2) is 0 Å². The van der Waals surface area contributed by atoms with Crippen LogP contribution >= 0.6 is 11.6 Å². The summed E-state index contributed by atoms with van der Waals surface area (Å²) in [6, 6.07) is 14.3. The molecule has 1 aliphatic carbocycles. The van der Waals surface area contributed by atoms with E-state index in [1.165, 1.54) is 0 Å². The highest BCUT2D eigenvalue weighted by molar-refractivity contribution is 6.34. The van der Waals surface area contributed by atoms with E-state index in [2.05, 4.69) is 0 Å². The molecular weight excluding hydrogens is 310 g/mol. The monoisotopic (exact) mass is 321 g/mol. The molecule has 4 rings (SSSR count). The maximum atomic E-state index is 13.0. The van der Waals surface area contributed by atoms with Crippen molar-refractivity contribution in [3.63, 3.8) is 0 Å². The van der Waals surface area contributed by atoms with Gasteiger partial charge in [0.2, 0.25) is 5.78 Å². The molecule has 2 aromatic rings. The molecule has 0 atom stereocenters. The third kappa shape index (κ3) is 2.05. The molecule has 23 heavy (non-hydrogen) atoms. The smallest absolute Gasteiger partial charge is 0.210 e. The topological polar surface area (TPSA) is 37.4 Å². The Bertz CT molecular complexity index is 911. The van der Waals surface area contributed by atoms with Crippen molar-refractivity contribution in [3.05, 3.63) is 88.1 Å². The highest BCUT2D eigenvalue weighted by atomic mass is 35.5. The molecule has 2 aliphatic rings. The molecule has 4 heteroatoms. The lowest BCUT2D eigenvalue weighted by Gasteiger charge is -2.33. The van der Waals surface area contributed by atoms with Crippen LogP contribution in [-0.4, -0.2) is 18.1 Å². The van der Waals surface area contributed by atoms with Crippen LogP contribution in [0.4, 0.5) is 5.69 Å². The first kappa shape index (κ1) is 14.0. The Balaban J connectivity index is 1.92. The molecule has 0 aromatic heterocycles. The van der Waals surface area contributed by atoms with E-state index in [0.717, 1.165) is 5.69 Å². The van der Waals surface area contributed by atoms with Gasteiger partial charge in [0, 0.05) is 17.7 Å². The van der Waals surface area contributed by atoms with Crippen LogP contribution in [-0.2, 0) is 0 Å². The number of rotatable bonds is 1. The van der Waals surface area contributed by atoms with Crippen LogP contribution < -0.4 is 4.90 Å². The molecule has 2 aromatic carbocycles. The van der Waals surface area contributed by atoms with Crippen molar-refractivity contribution < 1.29 is 9.59 Å². The average Bonchev–Trinajstić information content (AvgIpc) is 2.59. The number of halogens is 1. The number of allylic oxidation sites excluding steroid dienone is 3. The lowest BCUT2D eigenvalue weighted by atomic mass is 9.85. The highest BCUT2D eigenvalue weighted by Crippen LogP contribution is 2.36. The molecular formula is C19H12ClNO2.